The van der Waals surface area contributed by atoms with Gasteiger partial charge in [0.25, 0.3) is 0 Å². The molecule has 1 N–H and O–H groups in total. The number of furan rings is 1. The second-order valence-corrected chi connectivity index (χ2v) is 3.77. The number of rotatable bonds is 2. The molecule has 0 spiro atoms. The molecule has 0 aliphatic heterocycles. The molecule has 3 heteroatoms. The van der Waals surface area contributed by atoms with E-state index in [1.807, 2.05) is 19.1 Å². The molecule has 0 radical (unpaired) electrons. The van der Waals surface area contributed by atoms with Crippen LogP contribution in [-0.4, -0.2) is 10.1 Å². The summed E-state index contributed by atoms with van der Waals surface area (Å²) >= 11 is 0. The average molecular weight is 203 g/mol. The molecular formula is C12H13NO2. The average Bonchev–Trinajstić information content (AvgIpc) is 2.71. The van der Waals surface area contributed by atoms with Gasteiger partial charge in [-0.25, -0.2) is 0 Å². The zero-order valence-corrected chi connectivity index (χ0v) is 8.77. The molecule has 2 heterocycles. The SMILES string of the molecule is Cc1ccc(C(C)(O)c2ccoc2)cn1. The summed E-state index contributed by atoms with van der Waals surface area (Å²) in [7, 11) is 0. The van der Waals surface area contributed by atoms with Gasteiger partial charge in [0.1, 0.15) is 5.60 Å². The van der Waals surface area contributed by atoms with Crippen molar-refractivity contribution in [2.45, 2.75) is 19.4 Å². The van der Waals surface area contributed by atoms with Gasteiger partial charge in [0.15, 0.2) is 0 Å². The number of aromatic nitrogens is 1. The van der Waals surface area contributed by atoms with Crippen LogP contribution >= 0.6 is 0 Å². The van der Waals surface area contributed by atoms with Crippen LogP contribution in [0.3, 0.4) is 0 Å². The molecule has 0 bridgehead atoms. The van der Waals surface area contributed by atoms with Crippen LogP contribution in [0.1, 0.15) is 23.7 Å². The summed E-state index contributed by atoms with van der Waals surface area (Å²) in [5, 5.41) is 10.3. The van der Waals surface area contributed by atoms with Crippen LogP contribution in [0.4, 0.5) is 0 Å². The molecule has 0 saturated carbocycles. The van der Waals surface area contributed by atoms with E-state index in [0.29, 0.717) is 0 Å². The lowest BCUT2D eigenvalue weighted by atomic mass is 9.91. The first-order valence-corrected chi connectivity index (χ1v) is 4.79. The zero-order valence-electron chi connectivity index (χ0n) is 8.77. The Morgan fingerprint density at radius 3 is 2.60 bits per heavy atom. The highest BCUT2D eigenvalue weighted by atomic mass is 16.3. The van der Waals surface area contributed by atoms with E-state index in [2.05, 4.69) is 4.98 Å². The summed E-state index contributed by atoms with van der Waals surface area (Å²) in [4.78, 5) is 4.16. The molecule has 0 amide bonds. The van der Waals surface area contributed by atoms with E-state index in [9.17, 15) is 5.11 Å². The first-order valence-electron chi connectivity index (χ1n) is 4.79. The molecule has 0 saturated heterocycles. The van der Waals surface area contributed by atoms with Crippen molar-refractivity contribution < 1.29 is 9.52 Å². The van der Waals surface area contributed by atoms with Gasteiger partial charge in [0.05, 0.1) is 12.5 Å². The smallest absolute Gasteiger partial charge is 0.116 e. The van der Waals surface area contributed by atoms with E-state index < -0.39 is 5.60 Å². The third-order valence-electron chi connectivity index (χ3n) is 2.56. The first kappa shape index (κ1) is 9.93. The Labute approximate surface area is 88.4 Å². The second kappa shape index (κ2) is 3.51. The fraction of sp³-hybridized carbons (Fsp3) is 0.250. The van der Waals surface area contributed by atoms with E-state index in [1.165, 1.54) is 0 Å². The monoisotopic (exact) mass is 203 g/mol. The maximum absolute atomic E-state index is 10.3. The van der Waals surface area contributed by atoms with Crippen LogP contribution in [0.15, 0.2) is 41.3 Å². The summed E-state index contributed by atoms with van der Waals surface area (Å²) in [6.45, 7) is 3.64. The van der Waals surface area contributed by atoms with Gasteiger partial charge in [-0.05, 0) is 26.0 Å². The van der Waals surface area contributed by atoms with E-state index in [-0.39, 0.29) is 0 Å². The standard InChI is InChI=1S/C12H13NO2/c1-9-3-4-10(7-13-9)12(2,14)11-5-6-15-8-11/h3-8,14H,1-2H3. The van der Waals surface area contributed by atoms with Gasteiger partial charge >= 0.3 is 0 Å². The van der Waals surface area contributed by atoms with Crippen LogP contribution in [0.25, 0.3) is 0 Å². The summed E-state index contributed by atoms with van der Waals surface area (Å²) in [6.07, 6.45) is 4.77. The Morgan fingerprint density at radius 1 is 1.27 bits per heavy atom. The van der Waals surface area contributed by atoms with Crippen LogP contribution in [-0.2, 0) is 5.60 Å². The molecule has 2 aromatic rings. The van der Waals surface area contributed by atoms with Crippen molar-refractivity contribution in [3.63, 3.8) is 0 Å². The predicted molar refractivity (Wildman–Crippen MR) is 56.4 cm³/mol. The van der Waals surface area contributed by atoms with Crippen LogP contribution < -0.4 is 0 Å². The van der Waals surface area contributed by atoms with Crippen LogP contribution in [0, 0.1) is 6.92 Å². The summed E-state index contributed by atoms with van der Waals surface area (Å²) < 4.78 is 4.97. The normalized spacial score (nSPS) is 14.9. The maximum atomic E-state index is 10.3. The highest BCUT2D eigenvalue weighted by Crippen LogP contribution is 2.28. The van der Waals surface area contributed by atoms with Gasteiger partial charge in [0.2, 0.25) is 0 Å². The Balaban J connectivity index is 2.41. The highest BCUT2D eigenvalue weighted by molar-refractivity contribution is 5.31. The van der Waals surface area contributed by atoms with E-state index >= 15 is 0 Å². The molecule has 0 fully saturated rings. The van der Waals surface area contributed by atoms with Gasteiger partial charge in [-0.1, -0.05) is 6.07 Å². The molecule has 0 aliphatic carbocycles. The van der Waals surface area contributed by atoms with Crippen molar-refractivity contribution in [1.82, 2.24) is 4.98 Å². The lowest BCUT2D eigenvalue weighted by molar-refractivity contribution is 0.101. The number of aliphatic hydroxyl groups is 1. The molecule has 2 rings (SSSR count). The van der Waals surface area contributed by atoms with Gasteiger partial charge < -0.3 is 9.52 Å². The van der Waals surface area contributed by atoms with Gasteiger partial charge in [0, 0.05) is 23.0 Å². The zero-order chi connectivity index (χ0) is 10.9. The van der Waals surface area contributed by atoms with Crippen molar-refractivity contribution in [3.05, 3.63) is 53.7 Å². The molecule has 2 aromatic heterocycles. The topological polar surface area (TPSA) is 46.3 Å². The first-order chi connectivity index (χ1) is 7.10. The molecule has 1 atom stereocenters. The lowest BCUT2D eigenvalue weighted by Gasteiger charge is -2.21. The second-order valence-electron chi connectivity index (χ2n) is 3.77. The lowest BCUT2D eigenvalue weighted by Crippen LogP contribution is -2.22. The minimum absolute atomic E-state index is 0.730. The minimum atomic E-state index is -1.05. The van der Waals surface area contributed by atoms with Gasteiger partial charge in [-0.3, -0.25) is 4.98 Å². The van der Waals surface area contributed by atoms with Crippen molar-refractivity contribution >= 4 is 0 Å². The minimum Gasteiger partial charge on any atom is -0.472 e. The quantitative estimate of drug-likeness (QED) is 0.814. The third-order valence-corrected chi connectivity index (χ3v) is 2.56. The van der Waals surface area contributed by atoms with Crippen molar-refractivity contribution in [2.24, 2.45) is 0 Å². The number of hydrogen-bond acceptors (Lipinski definition) is 3. The van der Waals surface area contributed by atoms with E-state index in [1.54, 1.807) is 31.7 Å². The molecular weight excluding hydrogens is 190 g/mol. The fourth-order valence-electron chi connectivity index (χ4n) is 1.46. The van der Waals surface area contributed by atoms with Crippen molar-refractivity contribution in [3.8, 4) is 0 Å². The predicted octanol–water partition coefficient (Wildman–Crippen LogP) is 2.24. The molecule has 1 unspecified atom stereocenters. The summed E-state index contributed by atoms with van der Waals surface area (Å²) in [5.41, 5.74) is 1.37. The largest absolute Gasteiger partial charge is 0.472 e. The molecule has 15 heavy (non-hydrogen) atoms. The van der Waals surface area contributed by atoms with Gasteiger partial charge in [-0.2, -0.15) is 0 Å². The Bertz CT molecular complexity index is 429. The van der Waals surface area contributed by atoms with E-state index in [0.717, 1.165) is 16.8 Å². The Kier molecular flexibility index (Phi) is 2.32. The summed E-state index contributed by atoms with van der Waals surface area (Å²) in [6, 6.07) is 5.50. The number of aryl methyl sites for hydroxylation is 1. The van der Waals surface area contributed by atoms with Crippen molar-refractivity contribution in [2.75, 3.05) is 0 Å². The fourth-order valence-corrected chi connectivity index (χ4v) is 1.46. The molecule has 78 valence electrons. The number of hydrogen-bond donors (Lipinski definition) is 1. The number of nitrogens with zero attached hydrogens (tertiary/aromatic N) is 1. The highest BCUT2D eigenvalue weighted by Gasteiger charge is 2.26. The molecule has 0 aromatic carbocycles. The van der Waals surface area contributed by atoms with Crippen LogP contribution in [0.5, 0.6) is 0 Å². The molecule has 3 nitrogen and oxygen atoms in total. The van der Waals surface area contributed by atoms with Crippen molar-refractivity contribution in [1.29, 1.82) is 0 Å². The summed E-state index contributed by atoms with van der Waals surface area (Å²) in [5.74, 6) is 0. The maximum Gasteiger partial charge on any atom is 0.116 e. The number of pyridine rings is 1. The third kappa shape index (κ3) is 1.78. The molecule has 0 aliphatic rings. The van der Waals surface area contributed by atoms with Crippen LogP contribution in [0.2, 0.25) is 0 Å². The van der Waals surface area contributed by atoms with E-state index in [4.69, 9.17) is 4.42 Å². The Morgan fingerprint density at radius 2 is 2.07 bits per heavy atom. The Hall–Kier alpha value is -1.61. The van der Waals surface area contributed by atoms with Gasteiger partial charge in [-0.15, -0.1) is 0 Å².